The van der Waals surface area contributed by atoms with Gasteiger partial charge in [0.25, 0.3) is 0 Å². The molecule has 17 heavy (non-hydrogen) atoms. The minimum absolute atomic E-state index is 0.237. The predicted octanol–water partition coefficient (Wildman–Crippen LogP) is 2.52. The Morgan fingerprint density at radius 2 is 2.12 bits per heavy atom. The van der Waals surface area contributed by atoms with Gasteiger partial charge in [-0.1, -0.05) is 0 Å². The van der Waals surface area contributed by atoms with E-state index in [-0.39, 0.29) is 19.0 Å². The first-order valence-corrected chi connectivity index (χ1v) is 9.33. The van der Waals surface area contributed by atoms with Crippen LogP contribution < -0.4 is 0 Å². The molecule has 0 saturated heterocycles. The van der Waals surface area contributed by atoms with E-state index in [2.05, 4.69) is 0 Å². The summed E-state index contributed by atoms with van der Waals surface area (Å²) in [7, 11) is -3.55. The van der Waals surface area contributed by atoms with E-state index >= 15 is 0 Å². The van der Waals surface area contributed by atoms with Gasteiger partial charge < -0.3 is 9.08 Å². The second kappa shape index (κ2) is 7.71. The molecule has 0 spiro atoms. The summed E-state index contributed by atoms with van der Waals surface area (Å²) in [6.07, 6.45) is 0. The molecule has 1 atom stereocenters. The predicted molar refractivity (Wildman–Crippen MR) is 70.4 cm³/mol. The second-order valence-corrected chi connectivity index (χ2v) is 7.26. The van der Waals surface area contributed by atoms with Crippen molar-refractivity contribution in [1.82, 2.24) is 0 Å². The zero-order valence-corrected chi connectivity index (χ0v) is 12.4. The topological polar surface area (TPSA) is 67.8 Å². The Morgan fingerprint density at radius 3 is 2.71 bits per heavy atom. The molecule has 0 aromatic heterocycles. The summed E-state index contributed by atoms with van der Waals surface area (Å²) in [5.41, 5.74) is 0. The third-order valence-corrected chi connectivity index (χ3v) is 5.75. The zero-order chi connectivity index (χ0) is 12.7. The minimum Gasteiger partial charge on any atom is -0.616 e. The number of thioether (sulfide) groups is 1. The Hall–Kier alpha value is 0.350. The Balaban J connectivity index is 2.65. The summed E-state index contributed by atoms with van der Waals surface area (Å²) in [4.78, 5) is 0. The van der Waals surface area contributed by atoms with Gasteiger partial charge in [-0.15, -0.1) is 11.8 Å². The summed E-state index contributed by atoms with van der Waals surface area (Å²) in [5, 5.41) is 1.73. The fraction of sp³-hybridized carbons (Fsp3) is 0.778. The van der Waals surface area contributed by atoms with Crippen molar-refractivity contribution >= 4 is 30.8 Å². The first-order chi connectivity index (χ1) is 8.09. The van der Waals surface area contributed by atoms with Gasteiger partial charge >= 0.3 is 7.82 Å². The van der Waals surface area contributed by atoms with Crippen molar-refractivity contribution in [2.75, 3.05) is 30.5 Å². The van der Waals surface area contributed by atoms with E-state index in [1.54, 1.807) is 19.3 Å². The molecule has 0 aromatic rings. The van der Waals surface area contributed by atoms with Gasteiger partial charge in [-0.25, -0.2) is 4.57 Å². The van der Waals surface area contributed by atoms with Gasteiger partial charge in [0.1, 0.15) is 5.75 Å². The normalized spacial score (nSPS) is 21.8. The highest BCUT2D eigenvalue weighted by atomic mass is 32.2. The van der Waals surface area contributed by atoms with Crippen molar-refractivity contribution in [3.8, 4) is 0 Å². The van der Waals surface area contributed by atoms with Gasteiger partial charge in [-0.3, -0.25) is 9.05 Å². The molecule has 1 rings (SSSR count). The van der Waals surface area contributed by atoms with Crippen LogP contribution in [0.5, 0.6) is 0 Å². The standard InChI is InChI=1S/C9H17O5PS2/c1-3-12-15(10,13-4-2)14-9-7-16-5-6-17(11)8-9/h7H,3-6,8H2,1-2H3. The molecule has 0 aromatic carbocycles. The van der Waals surface area contributed by atoms with Crippen LogP contribution in [0.15, 0.2) is 11.2 Å². The maximum atomic E-state index is 12.1. The van der Waals surface area contributed by atoms with Crippen molar-refractivity contribution in [3.05, 3.63) is 11.2 Å². The van der Waals surface area contributed by atoms with Crippen molar-refractivity contribution in [1.29, 1.82) is 0 Å². The largest absolute Gasteiger partial charge is 0.616 e. The number of hydrogen-bond acceptors (Lipinski definition) is 6. The van der Waals surface area contributed by atoms with Gasteiger partial charge in [0, 0.05) is 11.2 Å². The van der Waals surface area contributed by atoms with Crippen molar-refractivity contribution < 1.29 is 22.7 Å². The highest BCUT2D eigenvalue weighted by molar-refractivity contribution is 8.03. The molecule has 1 unspecified atom stereocenters. The van der Waals surface area contributed by atoms with Crippen LogP contribution in [-0.2, 0) is 29.3 Å². The second-order valence-electron chi connectivity index (χ2n) is 3.12. The Labute approximate surface area is 109 Å². The van der Waals surface area contributed by atoms with Crippen molar-refractivity contribution in [3.63, 3.8) is 0 Å². The molecule has 5 nitrogen and oxygen atoms in total. The van der Waals surface area contributed by atoms with Crippen molar-refractivity contribution in [2.45, 2.75) is 13.8 Å². The molecule has 1 aliphatic rings. The molecule has 0 N–H and O–H groups in total. The van der Waals surface area contributed by atoms with E-state index in [4.69, 9.17) is 13.6 Å². The van der Waals surface area contributed by atoms with E-state index in [1.165, 1.54) is 11.8 Å². The summed E-state index contributed by atoms with van der Waals surface area (Å²) in [5.74, 6) is 2.06. The quantitative estimate of drug-likeness (QED) is 0.554. The molecule has 0 amide bonds. The lowest BCUT2D eigenvalue weighted by molar-refractivity contribution is 0.146. The smallest absolute Gasteiger partial charge is 0.529 e. The van der Waals surface area contributed by atoms with Gasteiger partial charge in [0.2, 0.25) is 0 Å². The molecule has 1 aliphatic heterocycles. The number of hydrogen-bond donors (Lipinski definition) is 0. The van der Waals surface area contributed by atoms with E-state index in [0.717, 1.165) is 5.75 Å². The molecular formula is C9H17O5PS2. The van der Waals surface area contributed by atoms with Crippen LogP contribution in [0, 0.1) is 0 Å². The lowest BCUT2D eigenvalue weighted by Gasteiger charge is -2.18. The van der Waals surface area contributed by atoms with Crippen LogP contribution in [0.4, 0.5) is 0 Å². The van der Waals surface area contributed by atoms with Gasteiger partial charge in [-0.2, -0.15) is 0 Å². The van der Waals surface area contributed by atoms with E-state index in [0.29, 0.717) is 11.5 Å². The highest BCUT2D eigenvalue weighted by Crippen LogP contribution is 2.51. The molecule has 0 fully saturated rings. The summed E-state index contributed by atoms with van der Waals surface area (Å²) < 4.78 is 38.9. The molecule has 8 heteroatoms. The van der Waals surface area contributed by atoms with Gasteiger partial charge in [-0.05, 0) is 25.0 Å². The Morgan fingerprint density at radius 1 is 1.47 bits per heavy atom. The lowest BCUT2D eigenvalue weighted by atomic mass is 10.7. The van der Waals surface area contributed by atoms with Crippen LogP contribution >= 0.6 is 19.6 Å². The highest BCUT2D eigenvalue weighted by Gasteiger charge is 2.30. The number of rotatable bonds is 6. The summed E-state index contributed by atoms with van der Waals surface area (Å²) in [6.45, 7) is 3.90. The maximum absolute atomic E-state index is 12.1. The van der Waals surface area contributed by atoms with E-state index in [1.807, 2.05) is 0 Å². The molecule has 0 radical (unpaired) electrons. The van der Waals surface area contributed by atoms with Crippen LogP contribution in [0.1, 0.15) is 13.8 Å². The Bertz CT molecular complexity index is 300. The fourth-order valence-electron chi connectivity index (χ4n) is 1.16. The number of phosphoric acid groups is 1. The minimum atomic E-state index is -3.55. The molecule has 0 bridgehead atoms. The fourth-order valence-corrected chi connectivity index (χ4v) is 4.80. The average molecular weight is 300 g/mol. The third kappa shape index (κ3) is 5.68. The lowest BCUT2D eigenvalue weighted by Crippen LogP contribution is -2.14. The number of phosphoric ester groups is 1. The van der Waals surface area contributed by atoms with Gasteiger partial charge in [0.05, 0.1) is 13.2 Å². The first-order valence-electron chi connectivity index (χ1n) is 5.34. The SMILES string of the molecule is CCOP(=O)(OCC)OC1=CSCC[S+]([O-])C1. The van der Waals surface area contributed by atoms with E-state index in [9.17, 15) is 9.12 Å². The molecule has 100 valence electrons. The molecular weight excluding hydrogens is 283 g/mol. The molecule has 0 aliphatic carbocycles. The average Bonchev–Trinajstić information content (AvgIpc) is 2.43. The monoisotopic (exact) mass is 300 g/mol. The Kier molecular flexibility index (Phi) is 6.99. The van der Waals surface area contributed by atoms with Crippen molar-refractivity contribution in [2.24, 2.45) is 0 Å². The maximum Gasteiger partial charge on any atom is 0.529 e. The van der Waals surface area contributed by atoms with Crippen LogP contribution in [-0.4, -0.2) is 35.0 Å². The third-order valence-electron chi connectivity index (χ3n) is 1.75. The van der Waals surface area contributed by atoms with Crippen LogP contribution in [0.25, 0.3) is 0 Å². The van der Waals surface area contributed by atoms with Gasteiger partial charge in [0.15, 0.2) is 11.5 Å². The van der Waals surface area contributed by atoms with E-state index < -0.39 is 19.0 Å². The van der Waals surface area contributed by atoms with Crippen LogP contribution in [0.2, 0.25) is 0 Å². The summed E-state index contributed by atoms with van der Waals surface area (Å²) >= 11 is 0.516. The zero-order valence-electron chi connectivity index (χ0n) is 9.92. The summed E-state index contributed by atoms with van der Waals surface area (Å²) in [6, 6.07) is 0. The molecule has 1 heterocycles. The molecule has 0 saturated carbocycles. The van der Waals surface area contributed by atoms with Crippen LogP contribution in [0.3, 0.4) is 0 Å². The first kappa shape index (κ1) is 15.4.